The van der Waals surface area contributed by atoms with Crippen LogP contribution in [0.2, 0.25) is 0 Å². The van der Waals surface area contributed by atoms with Crippen LogP contribution < -0.4 is 22.1 Å². The van der Waals surface area contributed by atoms with Gasteiger partial charge in [0.2, 0.25) is 0 Å². The quantitative estimate of drug-likeness (QED) is 0.254. The normalized spacial score (nSPS) is 19.0. The van der Waals surface area contributed by atoms with Gasteiger partial charge in [0, 0.05) is 6.04 Å². The van der Waals surface area contributed by atoms with Crippen LogP contribution in [0.15, 0.2) is 61.1 Å². The highest BCUT2D eigenvalue weighted by molar-refractivity contribution is 5.98. The molecule has 0 bridgehead atoms. The molecule has 4 aromatic rings. The number of amides is 1. The molecule has 6 N–H and O–H groups in total. The SMILES string of the molecule is Cc1ncc(Nc2nc(NC3CCCC(OCc4ccccc4)C3N)c(F)cc2C(N)=O)cc1-n1nccn1. The molecular weight excluding hydrogens is 501 g/mol. The molecule has 3 atom stereocenters. The van der Waals surface area contributed by atoms with Crippen LogP contribution in [0.25, 0.3) is 5.69 Å². The summed E-state index contributed by atoms with van der Waals surface area (Å²) < 4.78 is 21.2. The van der Waals surface area contributed by atoms with Gasteiger partial charge in [-0.3, -0.25) is 9.78 Å². The molecule has 3 heterocycles. The number of anilines is 3. The van der Waals surface area contributed by atoms with Crippen LogP contribution in [0.5, 0.6) is 0 Å². The zero-order chi connectivity index (χ0) is 27.4. The third kappa shape index (κ3) is 6.02. The van der Waals surface area contributed by atoms with E-state index >= 15 is 4.39 Å². The van der Waals surface area contributed by atoms with E-state index in [1.165, 1.54) is 4.80 Å². The van der Waals surface area contributed by atoms with E-state index in [0.717, 1.165) is 30.9 Å². The molecule has 0 saturated heterocycles. The van der Waals surface area contributed by atoms with E-state index in [1.54, 1.807) is 24.7 Å². The Kier molecular flexibility index (Phi) is 7.75. The highest BCUT2D eigenvalue weighted by Crippen LogP contribution is 2.28. The number of pyridine rings is 2. The Balaban J connectivity index is 1.35. The summed E-state index contributed by atoms with van der Waals surface area (Å²) in [4.78, 5) is 22.3. The molecule has 3 aromatic heterocycles. The van der Waals surface area contributed by atoms with E-state index in [9.17, 15) is 4.79 Å². The third-order valence-electron chi connectivity index (χ3n) is 6.73. The smallest absolute Gasteiger partial charge is 0.252 e. The van der Waals surface area contributed by atoms with Gasteiger partial charge in [0.1, 0.15) is 11.5 Å². The lowest BCUT2D eigenvalue weighted by atomic mass is 9.88. The maximum Gasteiger partial charge on any atom is 0.252 e. The summed E-state index contributed by atoms with van der Waals surface area (Å²) in [5, 5.41) is 14.5. The molecule has 11 nitrogen and oxygen atoms in total. The van der Waals surface area contributed by atoms with Crippen LogP contribution in [0.4, 0.5) is 21.7 Å². The molecule has 202 valence electrons. The number of carbonyl (C=O) groups is 1. The van der Waals surface area contributed by atoms with Crippen LogP contribution in [0, 0.1) is 12.7 Å². The first-order valence-corrected chi connectivity index (χ1v) is 12.7. The van der Waals surface area contributed by atoms with E-state index in [4.69, 9.17) is 16.2 Å². The van der Waals surface area contributed by atoms with E-state index in [1.807, 2.05) is 37.3 Å². The molecule has 12 heteroatoms. The summed E-state index contributed by atoms with van der Waals surface area (Å²) in [7, 11) is 0. The number of nitrogens with one attached hydrogen (secondary N) is 2. The number of nitrogens with zero attached hydrogens (tertiary/aromatic N) is 5. The molecule has 0 radical (unpaired) electrons. The summed E-state index contributed by atoms with van der Waals surface area (Å²) in [6, 6.07) is 12.0. The van der Waals surface area contributed by atoms with Crippen molar-refractivity contribution in [2.75, 3.05) is 10.6 Å². The zero-order valence-electron chi connectivity index (χ0n) is 21.4. The molecule has 1 saturated carbocycles. The van der Waals surface area contributed by atoms with Crippen LogP contribution >= 0.6 is 0 Å². The standard InChI is InChI=1S/C27H30FN9O2/c1-16-22(37-32-10-11-33-37)12-18(14-31-16)34-26-19(25(30)38)13-20(28)27(36-26)35-21-8-5-9-23(24(21)29)39-15-17-6-3-2-4-7-17/h2-4,6-7,10-14,21,23-24H,5,8-9,15,29H2,1H3,(H2,30,38)(H2,34,35,36). The van der Waals surface area contributed by atoms with Crippen molar-refractivity contribution in [2.24, 2.45) is 11.5 Å². The van der Waals surface area contributed by atoms with Crippen molar-refractivity contribution in [1.82, 2.24) is 25.0 Å². The van der Waals surface area contributed by atoms with E-state index in [2.05, 4.69) is 30.8 Å². The lowest BCUT2D eigenvalue weighted by molar-refractivity contribution is 0.000681. The number of benzene rings is 1. The topological polar surface area (TPSA) is 159 Å². The average molecular weight is 532 g/mol. The van der Waals surface area contributed by atoms with Crippen LogP contribution in [-0.4, -0.2) is 49.1 Å². The number of rotatable bonds is 9. The van der Waals surface area contributed by atoms with Crippen molar-refractivity contribution in [2.45, 2.75) is 51.0 Å². The molecule has 39 heavy (non-hydrogen) atoms. The number of ether oxygens (including phenoxy) is 1. The van der Waals surface area contributed by atoms with Crippen molar-refractivity contribution in [3.8, 4) is 5.69 Å². The van der Waals surface area contributed by atoms with Gasteiger partial charge in [-0.25, -0.2) is 9.37 Å². The molecule has 1 amide bonds. The van der Waals surface area contributed by atoms with Gasteiger partial charge in [-0.15, -0.1) is 4.80 Å². The van der Waals surface area contributed by atoms with E-state index in [0.29, 0.717) is 23.7 Å². The number of aromatic nitrogens is 5. The maximum absolute atomic E-state index is 15.1. The second-order valence-corrected chi connectivity index (χ2v) is 9.45. The highest BCUT2D eigenvalue weighted by Gasteiger charge is 2.32. The van der Waals surface area contributed by atoms with Gasteiger partial charge in [0.05, 0.1) is 54.3 Å². The molecule has 1 aromatic carbocycles. The number of aryl methyl sites for hydroxylation is 1. The fourth-order valence-electron chi connectivity index (χ4n) is 4.64. The largest absolute Gasteiger partial charge is 0.372 e. The second kappa shape index (κ2) is 11.5. The van der Waals surface area contributed by atoms with E-state index in [-0.39, 0.29) is 35.4 Å². The predicted molar refractivity (Wildman–Crippen MR) is 144 cm³/mol. The van der Waals surface area contributed by atoms with Gasteiger partial charge in [-0.1, -0.05) is 30.3 Å². The van der Waals surface area contributed by atoms with Crippen molar-refractivity contribution >= 4 is 23.2 Å². The fraction of sp³-hybridized carbons (Fsp3) is 0.296. The van der Waals surface area contributed by atoms with Crippen LogP contribution in [0.3, 0.4) is 0 Å². The molecule has 1 aliphatic rings. The van der Waals surface area contributed by atoms with Gasteiger partial charge in [0.25, 0.3) is 5.91 Å². The molecule has 0 aliphatic heterocycles. The third-order valence-corrected chi connectivity index (χ3v) is 6.73. The summed E-state index contributed by atoms with van der Waals surface area (Å²) in [5.74, 6) is -1.50. The van der Waals surface area contributed by atoms with Crippen molar-refractivity contribution in [1.29, 1.82) is 0 Å². The molecule has 1 aliphatic carbocycles. The van der Waals surface area contributed by atoms with Crippen molar-refractivity contribution in [3.05, 3.63) is 83.7 Å². The maximum atomic E-state index is 15.1. The molecule has 5 rings (SSSR count). The number of primary amides is 1. The molecule has 0 spiro atoms. The molecule has 1 fully saturated rings. The fourth-order valence-corrected chi connectivity index (χ4v) is 4.64. The summed E-state index contributed by atoms with van der Waals surface area (Å²) in [6.45, 7) is 2.26. The van der Waals surface area contributed by atoms with Crippen molar-refractivity contribution < 1.29 is 13.9 Å². The zero-order valence-corrected chi connectivity index (χ0v) is 21.4. The Morgan fingerprint density at radius 1 is 1.15 bits per heavy atom. The summed E-state index contributed by atoms with van der Waals surface area (Å²) in [5.41, 5.74) is 14.9. The Labute approximate surface area is 224 Å². The number of hydrogen-bond donors (Lipinski definition) is 4. The van der Waals surface area contributed by atoms with Crippen LogP contribution in [0.1, 0.15) is 40.9 Å². The molecular formula is C27H30FN9O2. The average Bonchev–Trinajstić information content (AvgIpc) is 3.47. The summed E-state index contributed by atoms with van der Waals surface area (Å²) >= 11 is 0. The Hall–Kier alpha value is -4.42. The minimum Gasteiger partial charge on any atom is -0.372 e. The number of halogens is 1. The Morgan fingerprint density at radius 2 is 1.92 bits per heavy atom. The van der Waals surface area contributed by atoms with Crippen LogP contribution in [-0.2, 0) is 11.3 Å². The summed E-state index contributed by atoms with van der Waals surface area (Å²) in [6.07, 6.45) is 6.86. The van der Waals surface area contributed by atoms with Gasteiger partial charge >= 0.3 is 0 Å². The number of nitrogens with two attached hydrogens (primary N) is 2. The van der Waals surface area contributed by atoms with Crippen molar-refractivity contribution in [3.63, 3.8) is 0 Å². The monoisotopic (exact) mass is 531 g/mol. The van der Waals surface area contributed by atoms with Gasteiger partial charge in [0.15, 0.2) is 11.6 Å². The second-order valence-electron chi connectivity index (χ2n) is 9.45. The lowest BCUT2D eigenvalue weighted by Gasteiger charge is -2.36. The highest BCUT2D eigenvalue weighted by atomic mass is 19.1. The first-order valence-electron chi connectivity index (χ1n) is 12.7. The Bertz CT molecular complexity index is 1430. The minimum atomic E-state index is -0.826. The molecule has 3 unspecified atom stereocenters. The van der Waals surface area contributed by atoms with Gasteiger partial charge < -0.3 is 26.8 Å². The minimum absolute atomic E-state index is 0.0410. The van der Waals surface area contributed by atoms with E-state index < -0.39 is 11.7 Å². The predicted octanol–water partition coefficient (Wildman–Crippen LogP) is 3.22. The first kappa shape index (κ1) is 26.2. The number of carbonyl (C=O) groups excluding carboxylic acids is 1. The van der Waals surface area contributed by atoms with Gasteiger partial charge in [-0.05, 0) is 43.9 Å². The number of hydrogen-bond acceptors (Lipinski definition) is 9. The lowest BCUT2D eigenvalue weighted by Crippen LogP contribution is -2.52. The van der Waals surface area contributed by atoms with Gasteiger partial charge in [-0.2, -0.15) is 10.2 Å². The Morgan fingerprint density at radius 3 is 2.67 bits per heavy atom. The first-order chi connectivity index (χ1) is 18.9.